The SMILES string of the molecule is CNCc1ccn(CC(F)F)n1. The highest BCUT2D eigenvalue weighted by Crippen LogP contribution is 1.99. The van der Waals surface area contributed by atoms with Crippen molar-refractivity contribution in [1.29, 1.82) is 0 Å². The highest BCUT2D eigenvalue weighted by atomic mass is 19.3. The van der Waals surface area contributed by atoms with Crippen LogP contribution >= 0.6 is 0 Å². The van der Waals surface area contributed by atoms with Crippen molar-refractivity contribution in [3.63, 3.8) is 0 Å². The van der Waals surface area contributed by atoms with E-state index in [9.17, 15) is 8.78 Å². The fraction of sp³-hybridized carbons (Fsp3) is 0.571. The fourth-order valence-electron chi connectivity index (χ4n) is 0.922. The largest absolute Gasteiger partial charge is 0.314 e. The molecule has 5 heteroatoms. The Kier molecular flexibility index (Phi) is 3.16. The number of alkyl halides is 2. The first-order chi connectivity index (χ1) is 5.72. The van der Waals surface area contributed by atoms with Gasteiger partial charge in [-0.3, -0.25) is 4.68 Å². The Morgan fingerprint density at radius 1 is 1.67 bits per heavy atom. The third-order valence-corrected chi connectivity index (χ3v) is 1.38. The van der Waals surface area contributed by atoms with E-state index in [4.69, 9.17) is 0 Å². The number of hydrogen-bond donors (Lipinski definition) is 1. The first-order valence-electron chi connectivity index (χ1n) is 3.67. The summed E-state index contributed by atoms with van der Waals surface area (Å²) in [7, 11) is 1.78. The Morgan fingerprint density at radius 2 is 2.42 bits per heavy atom. The van der Waals surface area contributed by atoms with Crippen LogP contribution in [0.15, 0.2) is 12.3 Å². The summed E-state index contributed by atoms with van der Waals surface area (Å²) in [6.07, 6.45) is -0.786. The standard InChI is InChI=1S/C7H11F2N3/c1-10-4-6-2-3-12(11-6)5-7(8)9/h2-3,7,10H,4-5H2,1H3. The van der Waals surface area contributed by atoms with Gasteiger partial charge in [0.15, 0.2) is 0 Å². The van der Waals surface area contributed by atoms with Crippen LogP contribution in [0, 0.1) is 0 Å². The lowest BCUT2D eigenvalue weighted by molar-refractivity contribution is 0.121. The van der Waals surface area contributed by atoms with Crippen LogP contribution in [0.2, 0.25) is 0 Å². The first kappa shape index (κ1) is 9.12. The maximum atomic E-state index is 11.8. The molecule has 0 fully saturated rings. The van der Waals surface area contributed by atoms with Gasteiger partial charge in [0.25, 0.3) is 6.43 Å². The van der Waals surface area contributed by atoms with Gasteiger partial charge in [-0.1, -0.05) is 0 Å². The van der Waals surface area contributed by atoms with Gasteiger partial charge in [0.05, 0.1) is 5.69 Å². The molecule has 1 rings (SSSR count). The molecule has 1 N–H and O–H groups in total. The van der Waals surface area contributed by atoms with Crippen LogP contribution in [-0.2, 0) is 13.1 Å². The molecule has 0 unspecified atom stereocenters. The van der Waals surface area contributed by atoms with Crippen LogP contribution in [0.3, 0.4) is 0 Å². The van der Waals surface area contributed by atoms with E-state index in [1.165, 1.54) is 4.68 Å². The van der Waals surface area contributed by atoms with Crippen molar-refractivity contribution in [3.8, 4) is 0 Å². The van der Waals surface area contributed by atoms with Gasteiger partial charge >= 0.3 is 0 Å². The molecule has 0 saturated heterocycles. The van der Waals surface area contributed by atoms with Gasteiger partial charge in [-0.2, -0.15) is 5.10 Å². The molecule has 68 valence electrons. The van der Waals surface area contributed by atoms with Gasteiger partial charge in [-0.15, -0.1) is 0 Å². The van der Waals surface area contributed by atoms with Crippen molar-refractivity contribution < 1.29 is 8.78 Å². The number of hydrogen-bond acceptors (Lipinski definition) is 2. The Bertz CT molecular complexity index is 234. The molecular formula is C7H11F2N3. The van der Waals surface area contributed by atoms with Gasteiger partial charge in [0.1, 0.15) is 6.54 Å². The average Bonchev–Trinajstić information content (AvgIpc) is 2.36. The Balaban J connectivity index is 2.52. The van der Waals surface area contributed by atoms with Gasteiger partial charge in [0, 0.05) is 12.7 Å². The topological polar surface area (TPSA) is 29.9 Å². The summed E-state index contributed by atoms with van der Waals surface area (Å²) in [6, 6.07) is 1.72. The van der Waals surface area contributed by atoms with Crippen molar-refractivity contribution in [3.05, 3.63) is 18.0 Å². The molecule has 0 aliphatic rings. The number of nitrogens with zero attached hydrogens (tertiary/aromatic N) is 2. The van der Waals surface area contributed by atoms with Gasteiger partial charge in [-0.25, -0.2) is 8.78 Å². The zero-order valence-corrected chi connectivity index (χ0v) is 6.80. The molecular weight excluding hydrogens is 164 g/mol. The maximum absolute atomic E-state index is 11.8. The molecule has 0 atom stereocenters. The van der Waals surface area contributed by atoms with E-state index < -0.39 is 6.43 Å². The quantitative estimate of drug-likeness (QED) is 0.735. The maximum Gasteiger partial charge on any atom is 0.257 e. The van der Waals surface area contributed by atoms with Crippen LogP contribution in [0.1, 0.15) is 5.69 Å². The molecule has 0 spiro atoms. The lowest BCUT2D eigenvalue weighted by Crippen LogP contribution is -2.09. The van der Waals surface area contributed by atoms with E-state index in [0.29, 0.717) is 6.54 Å². The van der Waals surface area contributed by atoms with E-state index in [0.717, 1.165) is 5.69 Å². The minimum atomic E-state index is -2.34. The molecule has 0 saturated carbocycles. The molecule has 0 amide bonds. The van der Waals surface area contributed by atoms with E-state index in [1.807, 2.05) is 0 Å². The predicted molar refractivity (Wildman–Crippen MR) is 41.0 cm³/mol. The van der Waals surface area contributed by atoms with Crippen LogP contribution < -0.4 is 5.32 Å². The molecule has 0 bridgehead atoms. The molecule has 12 heavy (non-hydrogen) atoms. The molecule has 1 heterocycles. The van der Waals surface area contributed by atoms with Crippen molar-refractivity contribution in [2.24, 2.45) is 0 Å². The second-order valence-electron chi connectivity index (χ2n) is 2.45. The minimum Gasteiger partial charge on any atom is -0.314 e. The van der Waals surface area contributed by atoms with Crippen molar-refractivity contribution in [1.82, 2.24) is 15.1 Å². The molecule has 0 aliphatic heterocycles. The van der Waals surface area contributed by atoms with E-state index >= 15 is 0 Å². The first-order valence-corrected chi connectivity index (χ1v) is 3.67. The smallest absolute Gasteiger partial charge is 0.257 e. The summed E-state index contributed by atoms with van der Waals surface area (Å²) < 4.78 is 24.9. The van der Waals surface area contributed by atoms with Gasteiger partial charge in [0.2, 0.25) is 0 Å². The van der Waals surface area contributed by atoms with Crippen LogP contribution in [0.4, 0.5) is 8.78 Å². The van der Waals surface area contributed by atoms with E-state index in [1.54, 1.807) is 19.3 Å². The number of rotatable bonds is 4. The minimum absolute atomic E-state index is 0.330. The lowest BCUT2D eigenvalue weighted by atomic mass is 10.4. The van der Waals surface area contributed by atoms with Crippen molar-refractivity contribution >= 4 is 0 Å². The second-order valence-corrected chi connectivity index (χ2v) is 2.45. The molecule has 1 aromatic rings. The molecule has 3 nitrogen and oxygen atoms in total. The predicted octanol–water partition coefficient (Wildman–Crippen LogP) is 0.868. The lowest BCUT2D eigenvalue weighted by Gasteiger charge is -1.98. The molecule has 0 aromatic carbocycles. The molecule has 0 aliphatic carbocycles. The summed E-state index contributed by atoms with van der Waals surface area (Å²) in [5, 5.41) is 6.80. The van der Waals surface area contributed by atoms with Crippen molar-refractivity contribution in [2.75, 3.05) is 7.05 Å². The number of aromatic nitrogens is 2. The zero-order chi connectivity index (χ0) is 8.97. The zero-order valence-electron chi connectivity index (χ0n) is 6.80. The van der Waals surface area contributed by atoms with Crippen LogP contribution in [-0.4, -0.2) is 23.3 Å². The van der Waals surface area contributed by atoms with E-state index in [2.05, 4.69) is 10.4 Å². The van der Waals surface area contributed by atoms with Crippen molar-refractivity contribution in [2.45, 2.75) is 19.5 Å². The Labute approximate surface area is 69.4 Å². The molecule has 1 aromatic heterocycles. The average molecular weight is 175 g/mol. The monoisotopic (exact) mass is 175 g/mol. The highest BCUT2D eigenvalue weighted by molar-refractivity contribution is 4.98. The summed E-state index contributed by atoms with van der Waals surface area (Å²) in [5.74, 6) is 0. The number of nitrogens with one attached hydrogen (secondary N) is 1. The van der Waals surface area contributed by atoms with Crippen LogP contribution in [0.5, 0.6) is 0 Å². The summed E-state index contributed by atoms with van der Waals surface area (Å²) in [4.78, 5) is 0. The van der Waals surface area contributed by atoms with Gasteiger partial charge < -0.3 is 5.32 Å². The highest BCUT2D eigenvalue weighted by Gasteiger charge is 2.04. The summed E-state index contributed by atoms with van der Waals surface area (Å²) in [5.41, 5.74) is 0.776. The van der Waals surface area contributed by atoms with E-state index in [-0.39, 0.29) is 6.54 Å². The van der Waals surface area contributed by atoms with Gasteiger partial charge in [-0.05, 0) is 13.1 Å². The normalized spacial score (nSPS) is 11.0. The summed E-state index contributed by atoms with van der Waals surface area (Å²) in [6.45, 7) is 0.278. The molecule has 0 radical (unpaired) electrons. The Morgan fingerprint density at radius 3 is 3.00 bits per heavy atom. The van der Waals surface area contributed by atoms with Crippen LogP contribution in [0.25, 0.3) is 0 Å². The Hall–Kier alpha value is -0.970. The number of halogens is 2. The summed E-state index contributed by atoms with van der Waals surface area (Å²) >= 11 is 0. The second kappa shape index (κ2) is 4.15. The third-order valence-electron chi connectivity index (χ3n) is 1.38. The third kappa shape index (κ3) is 2.58. The fourth-order valence-corrected chi connectivity index (χ4v) is 0.922.